The molecule has 0 bridgehead atoms. The molecule has 6 nitrogen and oxygen atoms in total. The molecule has 6 heteroatoms. The van der Waals surface area contributed by atoms with Gasteiger partial charge in [0.1, 0.15) is 5.56 Å². The van der Waals surface area contributed by atoms with E-state index in [1.807, 2.05) is 36.4 Å². The van der Waals surface area contributed by atoms with Crippen LogP contribution in [-0.2, 0) is 9.53 Å². The maximum atomic E-state index is 12.3. The molecule has 2 aromatic carbocycles. The Balaban J connectivity index is 1.73. The molecule has 1 atom stereocenters. The lowest BCUT2D eigenvalue weighted by Gasteiger charge is -2.14. The normalized spacial score (nSPS) is 11.7. The highest BCUT2D eigenvalue weighted by atomic mass is 16.5. The van der Waals surface area contributed by atoms with E-state index in [0.29, 0.717) is 5.69 Å². The van der Waals surface area contributed by atoms with Gasteiger partial charge in [0.05, 0.1) is 0 Å². The van der Waals surface area contributed by atoms with Gasteiger partial charge in [0.2, 0.25) is 0 Å². The van der Waals surface area contributed by atoms with Gasteiger partial charge in [-0.05, 0) is 30.5 Å². The summed E-state index contributed by atoms with van der Waals surface area (Å²) in [5.74, 6) is -1.32. The molecule has 3 aromatic rings. The molecule has 0 aliphatic carbocycles. The summed E-state index contributed by atoms with van der Waals surface area (Å²) < 4.78 is 5.09. The van der Waals surface area contributed by atoms with Crippen LogP contribution in [0, 0.1) is 0 Å². The molecule has 0 unspecified atom stereocenters. The standard InChI is InChI=1S/C19H16N2O4/c1-12(25-19(24)15-9-5-11-20-18(15)23)17(22)21-16-10-4-7-13-6-2-3-8-14(13)16/h2-12H,1H3,(H,20,23)(H,21,22)/t12-/m1/s1. The molecule has 2 N–H and O–H groups in total. The van der Waals surface area contributed by atoms with Crippen molar-refractivity contribution in [2.24, 2.45) is 0 Å². The van der Waals surface area contributed by atoms with Crippen molar-refractivity contribution in [3.8, 4) is 0 Å². The molecule has 3 rings (SSSR count). The van der Waals surface area contributed by atoms with Crippen LogP contribution in [-0.4, -0.2) is 23.0 Å². The number of carbonyl (C=O) groups is 2. The molecule has 0 radical (unpaired) electrons. The number of nitrogens with one attached hydrogen (secondary N) is 2. The molecule has 0 spiro atoms. The molecule has 0 saturated carbocycles. The van der Waals surface area contributed by atoms with Gasteiger partial charge in [-0.2, -0.15) is 0 Å². The van der Waals surface area contributed by atoms with Gasteiger partial charge in [-0.1, -0.05) is 36.4 Å². The van der Waals surface area contributed by atoms with Crippen LogP contribution < -0.4 is 10.9 Å². The number of aromatic amines is 1. The molecule has 25 heavy (non-hydrogen) atoms. The molecular formula is C19H16N2O4. The van der Waals surface area contributed by atoms with Gasteiger partial charge in [-0.3, -0.25) is 9.59 Å². The lowest BCUT2D eigenvalue weighted by atomic mass is 10.1. The summed E-state index contributed by atoms with van der Waals surface area (Å²) in [6.45, 7) is 1.45. The number of carbonyl (C=O) groups excluding carboxylic acids is 2. The lowest BCUT2D eigenvalue weighted by molar-refractivity contribution is -0.123. The fraction of sp³-hybridized carbons (Fsp3) is 0.105. The van der Waals surface area contributed by atoms with Crippen LogP contribution in [0.5, 0.6) is 0 Å². The van der Waals surface area contributed by atoms with Gasteiger partial charge in [0.25, 0.3) is 11.5 Å². The van der Waals surface area contributed by atoms with Crippen LogP contribution in [0.2, 0.25) is 0 Å². The quantitative estimate of drug-likeness (QED) is 0.717. The van der Waals surface area contributed by atoms with Crippen LogP contribution in [0.15, 0.2) is 65.6 Å². The number of H-pyrrole nitrogens is 1. The second kappa shape index (κ2) is 7.00. The predicted molar refractivity (Wildman–Crippen MR) is 94.5 cm³/mol. The largest absolute Gasteiger partial charge is 0.449 e. The maximum absolute atomic E-state index is 12.3. The Morgan fingerprint density at radius 3 is 2.60 bits per heavy atom. The van der Waals surface area contributed by atoms with E-state index in [2.05, 4.69) is 10.3 Å². The number of benzene rings is 2. The van der Waals surface area contributed by atoms with Crippen LogP contribution in [0.1, 0.15) is 17.3 Å². The predicted octanol–water partition coefficient (Wildman–Crippen LogP) is 2.71. The topological polar surface area (TPSA) is 88.3 Å². The molecule has 1 amide bonds. The lowest BCUT2D eigenvalue weighted by Crippen LogP contribution is -2.31. The Hall–Kier alpha value is -3.41. The van der Waals surface area contributed by atoms with E-state index in [9.17, 15) is 14.4 Å². The number of rotatable bonds is 4. The first-order valence-electron chi connectivity index (χ1n) is 7.73. The van der Waals surface area contributed by atoms with Crippen LogP contribution in [0.3, 0.4) is 0 Å². The van der Waals surface area contributed by atoms with Crippen molar-refractivity contribution >= 4 is 28.3 Å². The molecule has 0 aliphatic heterocycles. The zero-order valence-corrected chi connectivity index (χ0v) is 13.5. The summed E-state index contributed by atoms with van der Waals surface area (Å²) in [5.41, 5.74) is -0.0787. The number of ether oxygens (including phenoxy) is 1. The van der Waals surface area contributed by atoms with Gasteiger partial charge in [0.15, 0.2) is 6.10 Å². The van der Waals surface area contributed by atoms with E-state index in [-0.39, 0.29) is 5.56 Å². The third-order valence-corrected chi connectivity index (χ3v) is 3.74. The van der Waals surface area contributed by atoms with Crippen LogP contribution >= 0.6 is 0 Å². The highest BCUT2D eigenvalue weighted by molar-refractivity contribution is 6.04. The third kappa shape index (κ3) is 3.58. The summed E-state index contributed by atoms with van der Waals surface area (Å²) >= 11 is 0. The summed E-state index contributed by atoms with van der Waals surface area (Å²) in [6, 6.07) is 16.0. The molecule has 1 heterocycles. The number of amides is 1. The van der Waals surface area contributed by atoms with E-state index in [1.54, 1.807) is 6.07 Å². The highest BCUT2D eigenvalue weighted by Gasteiger charge is 2.21. The Morgan fingerprint density at radius 2 is 1.80 bits per heavy atom. The summed E-state index contributed by atoms with van der Waals surface area (Å²) in [5, 5.41) is 4.63. The third-order valence-electron chi connectivity index (χ3n) is 3.74. The SMILES string of the molecule is C[C@@H](OC(=O)c1ccc[nH]c1=O)C(=O)Nc1cccc2ccccc12. The molecule has 0 saturated heterocycles. The summed E-state index contributed by atoms with van der Waals surface area (Å²) in [4.78, 5) is 38.3. The number of aromatic nitrogens is 1. The number of hydrogen-bond acceptors (Lipinski definition) is 4. The van der Waals surface area contributed by atoms with Gasteiger partial charge in [-0.25, -0.2) is 4.79 Å². The van der Waals surface area contributed by atoms with Crippen molar-refractivity contribution < 1.29 is 14.3 Å². The zero-order chi connectivity index (χ0) is 17.8. The minimum atomic E-state index is -1.05. The van der Waals surface area contributed by atoms with E-state index in [0.717, 1.165) is 10.8 Å². The molecule has 0 fully saturated rings. The van der Waals surface area contributed by atoms with Crippen molar-refractivity contribution in [3.63, 3.8) is 0 Å². The first-order chi connectivity index (χ1) is 12.1. The number of esters is 1. The number of hydrogen-bond donors (Lipinski definition) is 2. The number of pyridine rings is 1. The minimum Gasteiger partial charge on any atom is -0.449 e. The van der Waals surface area contributed by atoms with Crippen molar-refractivity contribution in [1.29, 1.82) is 0 Å². The first-order valence-corrected chi connectivity index (χ1v) is 7.73. The molecule has 0 aliphatic rings. The number of fused-ring (bicyclic) bond motifs is 1. The van der Waals surface area contributed by atoms with Gasteiger partial charge >= 0.3 is 5.97 Å². The minimum absolute atomic E-state index is 0.146. The van der Waals surface area contributed by atoms with Crippen molar-refractivity contribution in [1.82, 2.24) is 4.98 Å². The van der Waals surface area contributed by atoms with Crippen molar-refractivity contribution in [3.05, 3.63) is 76.7 Å². The Labute approximate surface area is 143 Å². The Kier molecular flexibility index (Phi) is 4.61. The highest BCUT2D eigenvalue weighted by Crippen LogP contribution is 2.23. The zero-order valence-electron chi connectivity index (χ0n) is 13.5. The first kappa shape index (κ1) is 16.4. The van der Waals surface area contributed by atoms with Gasteiger partial charge < -0.3 is 15.0 Å². The Bertz CT molecular complexity index is 988. The average Bonchev–Trinajstić information content (AvgIpc) is 2.62. The second-order valence-electron chi connectivity index (χ2n) is 5.48. The van der Waals surface area contributed by atoms with Gasteiger partial charge in [-0.15, -0.1) is 0 Å². The smallest absolute Gasteiger partial charge is 0.344 e. The Morgan fingerprint density at radius 1 is 1.04 bits per heavy atom. The fourth-order valence-electron chi connectivity index (χ4n) is 2.43. The fourth-order valence-corrected chi connectivity index (χ4v) is 2.43. The molecule has 1 aromatic heterocycles. The monoisotopic (exact) mass is 336 g/mol. The van der Waals surface area contributed by atoms with Crippen molar-refractivity contribution in [2.45, 2.75) is 13.0 Å². The van der Waals surface area contributed by atoms with Gasteiger partial charge in [0, 0.05) is 17.3 Å². The van der Waals surface area contributed by atoms with E-state index < -0.39 is 23.5 Å². The van der Waals surface area contributed by atoms with E-state index in [1.165, 1.54) is 25.3 Å². The second-order valence-corrected chi connectivity index (χ2v) is 5.48. The van der Waals surface area contributed by atoms with Crippen LogP contribution in [0.25, 0.3) is 10.8 Å². The maximum Gasteiger partial charge on any atom is 0.344 e. The molecule has 126 valence electrons. The summed E-state index contributed by atoms with van der Waals surface area (Å²) in [7, 11) is 0. The average molecular weight is 336 g/mol. The molecular weight excluding hydrogens is 320 g/mol. The van der Waals surface area contributed by atoms with E-state index >= 15 is 0 Å². The van der Waals surface area contributed by atoms with E-state index in [4.69, 9.17) is 4.74 Å². The number of anilines is 1. The van der Waals surface area contributed by atoms with Crippen LogP contribution in [0.4, 0.5) is 5.69 Å². The van der Waals surface area contributed by atoms with Crippen molar-refractivity contribution in [2.75, 3.05) is 5.32 Å². The summed E-state index contributed by atoms with van der Waals surface area (Å²) in [6.07, 6.45) is 0.363.